The molecule has 0 aliphatic carbocycles. The zero-order chi connectivity index (χ0) is 20.8. The number of hydrogen-bond acceptors (Lipinski definition) is 5. The molecule has 2 aromatic carbocycles. The molecule has 0 saturated heterocycles. The summed E-state index contributed by atoms with van der Waals surface area (Å²) in [4.78, 5) is 12.4. The molecule has 1 heterocycles. The zero-order valence-corrected chi connectivity index (χ0v) is 17.9. The standard InChI is InChI=1S/C22H26N4O2S/c1-15(2)14-23-21(27)16(3)29-22-25-24-20(17-10-12-19(28-4)13-11-17)26(22)18-8-6-5-7-9-18/h5-13,15-16H,14H2,1-4H3,(H,23,27). The lowest BCUT2D eigenvalue weighted by molar-refractivity contribution is -0.120. The second kappa shape index (κ2) is 9.60. The number of carbonyl (C=O) groups excluding carboxylic acids is 1. The van der Waals surface area contributed by atoms with Crippen LogP contribution >= 0.6 is 11.8 Å². The maximum Gasteiger partial charge on any atom is 0.233 e. The van der Waals surface area contributed by atoms with Gasteiger partial charge in [0.2, 0.25) is 5.91 Å². The predicted octanol–water partition coefficient (Wildman–Crippen LogP) is 4.20. The Bertz CT molecular complexity index is 939. The maximum atomic E-state index is 12.4. The molecule has 0 radical (unpaired) electrons. The summed E-state index contributed by atoms with van der Waals surface area (Å²) in [6, 6.07) is 17.6. The number of nitrogens with one attached hydrogen (secondary N) is 1. The number of methoxy groups -OCH3 is 1. The minimum Gasteiger partial charge on any atom is -0.497 e. The molecule has 0 fully saturated rings. The molecule has 0 spiro atoms. The van der Waals surface area contributed by atoms with Crippen LogP contribution in [0.2, 0.25) is 0 Å². The molecular formula is C22H26N4O2S. The molecule has 1 unspecified atom stereocenters. The second-order valence-electron chi connectivity index (χ2n) is 7.10. The van der Waals surface area contributed by atoms with Gasteiger partial charge in [0.15, 0.2) is 11.0 Å². The number of hydrogen-bond donors (Lipinski definition) is 1. The van der Waals surface area contributed by atoms with E-state index in [-0.39, 0.29) is 11.2 Å². The van der Waals surface area contributed by atoms with Gasteiger partial charge >= 0.3 is 0 Å². The summed E-state index contributed by atoms with van der Waals surface area (Å²) in [5.41, 5.74) is 1.87. The Morgan fingerprint density at radius 2 is 1.76 bits per heavy atom. The first-order chi connectivity index (χ1) is 14.0. The highest BCUT2D eigenvalue weighted by Crippen LogP contribution is 2.30. The molecule has 29 heavy (non-hydrogen) atoms. The molecule has 6 nitrogen and oxygen atoms in total. The van der Waals surface area contributed by atoms with Crippen LogP contribution in [0.4, 0.5) is 0 Å². The van der Waals surface area contributed by atoms with Crippen LogP contribution in [0.25, 0.3) is 17.1 Å². The van der Waals surface area contributed by atoms with Crippen molar-refractivity contribution in [3.05, 3.63) is 54.6 Å². The molecule has 0 bridgehead atoms. The number of benzene rings is 2. The third-order valence-electron chi connectivity index (χ3n) is 4.33. The van der Waals surface area contributed by atoms with E-state index in [1.54, 1.807) is 7.11 Å². The lowest BCUT2D eigenvalue weighted by Gasteiger charge is -2.15. The molecule has 152 valence electrons. The summed E-state index contributed by atoms with van der Waals surface area (Å²) in [6.07, 6.45) is 0. The van der Waals surface area contributed by atoms with E-state index >= 15 is 0 Å². The summed E-state index contributed by atoms with van der Waals surface area (Å²) >= 11 is 1.40. The number of para-hydroxylation sites is 1. The van der Waals surface area contributed by atoms with Gasteiger partial charge in [-0.05, 0) is 49.2 Å². The largest absolute Gasteiger partial charge is 0.497 e. The van der Waals surface area contributed by atoms with Crippen molar-refractivity contribution < 1.29 is 9.53 Å². The van der Waals surface area contributed by atoms with Gasteiger partial charge in [0, 0.05) is 17.8 Å². The zero-order valence-electron chi connectivity index (χ0n) is 17.1. The van der Waals surface area contributed by atoms with E-state index in [9.17, 15) is 4.79 Å². The minimum absolute atomic E-state index is 0.00249. The minimum atomic E-state index is -0.288. The van der Waals surface area contributed by atoms with Gasteiger partial charge in [0.05, 0.1) is 12.4 Å². The average Bonchev–Trinajstić information content (AvgIpc) is 3.16. The van der Waals surface area contributed by atoms with E-state index in [0.29, 0.717) is 17.6 Å². The molecule has 0 aliphatic rings. The molecule has 7 heteroatoms. The molecule has 1 N–H and O–H groups in total. The molecular weight excluding hydrogens is 384 g/mol. The van der Waals surface area contributed by atoms with Crippen LogP contribution < -0.4 is 10.1 Å². The Kier molecular flexibility index (Phi) is 6.93. The van der Waals surface area contributed by atoms with Crippen LogP contribution in [0.5, 0.6) is 5.75 Å². The van der Waals surface area contributed by atoms with Crippen LogP contribution in [0.1, 0.15) is 20.8 Å². The fourth-order valence-electron chi connectivity index (χ4n) is 2.74. The van der Waals surface area contributed by atoms with Crippen molar-refractivity contribution in [1.82, 2.24) is 20.1 Å². The molecule has 0 saturated carbocycles. The highest BCUT2D eigenvalue weighted by molar-refractivity contribution is 8.00. The first kappa shape index (κ1) is 20.9. The maximum absolute atomic E-state index is 12.4. The van der Waals surface area contributed by atoms with E-state index < -0.39 is 0 Å². The number of rotatable bonds is 8. The van der Waals surface area contributed by atoms with Crippen LogP contribution in [0, 0.1) is 5.92 Å². The molecule has 1 aromatic heterocycles. The Morgan fingerprint density at radius 3 is 2.38 bits per heavy atom. The smallest absolute Gasteiger partial charge is 0.233 e. The number of carbonyl (C=O) groups is 1. The summed E-state index contributed by atoms with van der Waals surface area (Å²) < 4.78 is 7.24. The molecule has 1 amide bonds. The number of nitrogens with zero attached hydrogens (tertiary/aromatic N) is 3. The van der Waals surface area contributed by atoms with Crippen molar-refractivity contribution in [1.29, 1.82) is 0 Å². The highest BCUT2D eigenvalue weighted by atomic mass is 32.2. The van der Waals surface area contributed by atoms with Gasteiger partial charge in [0.25, 0.3) is 0 Å². The SMILES string of the molecule is COc1ccc(-c2nnc(SC(C)C(=O)NCC(C)C)n2-c2ccccc2)cc1. The van der Waals surface area contributed by atoms with E-state index in [1.807, 2.05) is 66.1 Å². The van der Waals surface area contributed by atoms with Crippen molar-refractivity contribution in [2.75, 3.05) is 13.7 Å². The quantitative estimate of drug-likeness (QED) is 0.564. The normalized spacial score (nSPS) is 12.0. The number of thioether (sulfide) groups is 1. The molecule has 3 aromatic rings. The topological polar surface area (TPSA) is 69.0 Å². The fourth-order valence-corrected chi connectivity index (χ4v) is 3.64. The van der Waals surface area contributed by atoms with Gasteiger partial charge in [-0.25, -0.2) is 0 Å². The predicted molar refractivity (Wildman–Crippen MR) is 117 cm³/mol. The molecule has 0 aliphatic heterocycles. The van der Waals surface area contributed by atoms with Gasteiger partial charge in [-0.15, -0.1) is 10.2 Å². The van der Waals surface area contributed by atoms with E-state index in [2.05, 4.69) is 29.4 Å². The number of ether oxygens (including phenoxy) is 1. The van der Waals surface area contributed by atoms with Crippen LogP contribution in [-0.2, 0) is 4.79 Å². The van der Waals surface area contributed by atoms with E-state index in [4.69, 9.17) is 4.74 Å². The summed E-state index contributed by atoms with van der Waals surface area (Å²) in [7, 11) is 1.64. The lowest BCUT2D eigenvalue weighted by atomic mass is 10.2. The van der Waals surface area contributed by atoms with Crippen molar-refractivity contribution in [2.24, 2.45) is 5.92 Å². The van der Waals surface area contributed by atoms with Crippen molar-refractivity contribution >= 4 is 17.7 Å². The van der Waals surface area contributed by atoms with Crippen molar-refractivity contribution in [3.63, 3.8) is 0 Å². The van der Waals surface area contributed by atoms with Gasteiger partial charge in [-0.1, -0.05) is 43.8 Å². The van der Waals surface area contributed by atoms with Gasteiger partial charge < -0.3 is 10.1 Å². The third kappa shape index (κ3) is 5.17. The Morgan fingerprint density at radius 1 is 1.07 bits per heavy atom. The van der Waals surface area contributed by atoms with E-state index in [1.165, 1.54) is 11.8 Å². The van der Waals surface area contributed by atoms with Crippen molar-refractivity contribution in [3.8, 4) is 22.8 Å². The van der Waals surface area contributed by atoms with E-state index in [0.717, 1.165) is 22.8 Å². The van der Waals surface area contributed by atoms with Gasteiger partial charge in [-0.2, -0.15) is 0 Å². The number of aromatic nitrogens is 3. The summed E-state index contributed by atoms with van der Waals surface area (Å²) in [6.45, 7) is 6.69. The molecule has 3 rings (SSSR count). The van der Waals surface area contributed by atoms with Gasteiger partial charge in [-0.3, -0.25) is 9.36 Å². The fraction of sp³-hybridized carbons (Fsp3) is 0.318. The van der Waals surface area contributed by atoms with Crippen LogP contribution in [0.15, 0.2) is 59.8 Å². The van der Waals surface area contributed by atoms with Gasteiger partial charge in [0.1, 0.15) is 5.75 Å². The average molecular weight is 411 g/mol. The molecule has 1 atom stereocenters. The van der Waals surface area contributed by atoms with Crippen molar-refractivity contribution in [2.45, 2.75) is 31.2 Å². The Balaban J connectivity index is 1.93. The van der Waals surface area contributed by atoms with Crippen LogP contribution in [-0.4, -0.2) is 39.6 Å². The van der Waals surface area contributed by atoms with Crippen LogP contribution in [0.3, 0.4) is 0 Å². The monoisotopic (exact) mass is 410 g/mol. The Labute approximate surface area is 175 Å². The highest BCUT2D eigenvalue weighted by Gasteiger charge is 2.21. The summed E-state index contributed by atoms with van der Waals surface area (Å²) in [5, 5.41) is 12.2. The first-order valence-electron chi connectivity index (χ1n) is 9.59. The lowest BCUT2D eigenvalue weighted by Crippen LogP contribution is -2.33. The third-order valence-corrected chi connectivity index (χ3v) is 5.37. The first-order valence-corrected chi connectivity index (χ1v) is 10.5. The summed E-state index contributed by atoms with van der Waals surface area (Å²) in [5.74, 6) is 1.91. The Hall–Kier alpha value is -2.80. The number of amides is 1. The second-order valence-corrected chi connectivity index (χ2v) is 8.41.